The van der Waals surface area contributed by atoms with Gasteiger partial charge in [0, 0.05) is 30.5 Å². The molecule has 21 heavy (non-hydrogen) atoms. The first-order valence-electron chi connectivity index (χ1n) is 6.43. The Labute approximate surface area is 130 Å². The molecule has 1 aromatic carbocycles. The van der Waals surface area contributed by atoms with Gasteiger partial charge >= 0.3 is 0 Å². The lowest BCUT2D eigenvalue weighted by molar-refractivity contribution is 0.601. The summed E-state index contributed by atoms with van der Waals surface area (Å²) in [4.78, 5) is 0.231. The van der Waals surface area contributed by atoms with E-state index < -0.39 is 10.0 Å². The first kappa shape index (κ1) is 15.9. The van der Waals surface area contributed by atoms with Crippen LogP contribution in [0.1, 0.15) is 11.3 Å². The number of nitrogens with zero attached hydrogens (tertiary/aromatic N) is 1. The second-order valence-electron chi connectivity index (χ2n) is 4.83. The first-order chi connectivity index (χ1) is 9.85. The Kier molecular flexibility index (Phi) is 4.61. The zero-order valence-electron chi connectivity index (χ0n) is 12.1. The van der Waals surface area contributed by atoms with Crippen molar-refractivity contribution in [1.29, 1.82) is 0 Å². The third kappa shape index (κ3) is 3.40. The Morgan fingerprint density at radius 1 is 1.33 bits per heavy atom. The van der Waals surface area contributed by atoms with Crippen molar-refractivity contribution >= 4 is 27.3 Å². The van der Waals surface area contributed by atoms with Gasteiger partial charge in [0.25, 0.3) is 10.0 Å². The normalized spacial score (nSPS) is 11.6. The summed E-state index contributed by atoms with van der Waals surface area (Å²) in [5.41, 5.74) is 2.08. The van der Waals surface area contributed by atoms with Crippen LogP contribution in [0.5, 0.6) is 0 Å². The van der Waals surface area contributed by atoms with Crippen LogP contribution in [0.4, 0.5) is 5.69 Å². The topological polar surface area (TPSA) is 63.1 Å². The van der Waals surface area contributed by atoms with Crippen LogP contribution in [0.25, 0.3) is 0 Å². The summed E-state index contributed by atoms with van der Waals surface area (Å²) in [6, 6.07) is 6.78. The minimum Gasteiger partial charge on any atom is -0.352 e. The number of nitrogens with one attached hydrogen (secondary N) is 2. The summed E-state index contributed by atoms with van der Waals surface area (Å²) in [6.45, 7) is 2.37. The van der Waals surface area contributed by atoms with Gasteiger partial charge < -0.3 is 9.88 Å². The number of aromatic nitrogens is 1. The standard InChI is InChI=1S/C14H18ClN3O2S/c1-10-13(15)5-4-6-14(10)17-21(19,20)12-7-11(8-16-2)18(3)9-12/h4-7,9,16-17H,8H2,1-3H3. The average molecular weight is 328 g/mol. The molecule has 114 valence electrons. The van der Waals surface area contributed by atoms with E-state index in [2.05, 4.69) is 10.0 Å². The molecule has 0 fully saturated rings. The molecule has 0 aliphatic heterocycles. The summed E-state index contributed by atoms with van der Waals surface area (Å²) in [5.74, 6) is 0. The van der Waals surface area contributed by atoms with Crippen LogP contribution >= 0.6 is 11.6 Å². The molecular formula is C14H18ClN3O2S. The van der Waals surface area contributed by atoms with Crippen LogP contribution in [0.3, 0.4) is 0 Å². The Bertz CT molecular complexity index is 754. The van der Waals surface area contributed by atoms with Crippen LogP contribution in [0.15, 0.2) is 35.4 Å². The SMILES string of the molecule is CNCc1cc(S(=O)(=O)Nc2cccc(Cl)c2C)cn1C. The highest BCUT2D eigenvalue weighted by Crippen LogP contribution is 2.25. The number of hydrogen-bond acceptors (Lipinski definition) is 3. The fourth-order valence-corrected chi connectivity index (χ4v) is 3.39. The van der Waals surface area contributed by atoms with E-state index in [-0.39, 0.29) is 4.90 Å². The number of hydrogen-bond donors (Lipinski definition) is 2. The lowest BCUT2D eigenvalue weighted by atomic mass is 10.2. The van der Waals surface area contributed by atoms with E-state index in [0.717, 1.165) is 5.69 Å². The van der Waals surface area contributed by atoms with Gasteiger partial charge in [-0.3, -0.25) is 4.72 Å². The molecule has 0 aliphatic carbocycles. The van der Waals surface area contributed by atoms with E-state index in [1.54, 1.807) is 42.0 Å². The van der Waals surface area contributed by atoms with Crippen LogP contribution in [-0.4, -0.2) is 20.0 Å². The second-order valence-corrected chi connectivity index (χ2v) is 6.92. The van der Waals surface area contributed by atoms with Crippen molar-refractivity contribution in [2.45, 2.75) is 18.4 Å². The quantitative estimate of drug-likeness (QED) is 0.887. The molecule has 0 amide bonds. The van der Waals surface area contributed by atoms with Gasteiger partial charge in [0.15, 0.2) is 0 Å². The highest BCUT2D eigenvalue weighted by atomic mass is 35.5. The van der Waals surface area contributed by atoms with Gasteiger partial charge in [-0.15, -0.1) is 0 Å². The third-order valence-corrected chi connectivity index (χ3v) is 5.00. The maximum atomic E-state index is 12.4. The van der Waals surface area contributed by atoms with Gasteiger partial charge in [-0.25, -0.2) is 8.42 Å². The molecule has 0 radical (unpaired) electrons. The Morgan fingerprint density at radius 2 is 2.05 bits per heavy atom. The minimum atomic E-state index is -3.63. The van der Waals surface area contributed by atoms with Crippen molar-refractivity contribution in [2.75, 3.05) is 11.8 Å². The third-order valence-electron chi connectivity index (χ3n) is 3.26. The molecule has 5 nitrogen and oxygen atoms in total. The predicted molar refractivity (Wildman–Crippen MR) is 85.2 cm³/mol. The molecule has 7 heteroatoms. The maximum absolute atomic E-state index is 12.4. The van der Waals surface area contributed by atoms with Gasteiger partial charge in [0.05, 0.1) is 5.69 Å². The van der Waals surface area contributed by atoms with Crippen LogP contribution in [0, 0.1) is 6.92 Å². The molecule has 2 aromatic rings. The van der Waals surface area contributed by atoms with E-state index in [1.165, 1.54) is 0 Å². The molecule has 0 spiro atoms. The number of sulfonamides is 1. The summed E-state index contributed by atoms with van der Waals surface area (Å²) < 4.78 is 29.3. The highest BCUT2D eigenvalue weighted by molar-refractivity contribution is 7.92. The first-order valence-corrected chi connectivity index (χ1v) is 8.29. The number of anilines is 1. The second kappa shape index (κ2) is 6.09. The highest BCUT2D eigenvalue weighted by Gasteiger charge is 2.18. The van der Waals surface area contributed by atoms with Crippen molar-refractivity contribution in [3.05, 3.63) is 46.7 Å². The molecule has 1 aromatic heterocycles. The summed E-state index contributed by atoms with van der Waals surface area (Å²) in [6.07, 6.45) is 1.59. The van der Waals surface area contributed by atoms with E-state index in [4.69, 9.17) is 11.6 Å². The molecule has 0 saturated heterocycles. The Morgan fingerprint density at radius 3 is 2.71 bits per heavy atom. The minimum absolute atomic E-state index is 0.231. The summed E-state index contributed by atoms with van der Waals surface area (Å²) in [7, 11) is 0.000215. The van der Waals surface area contributed by atoms with E-state index in [0.29, 0.717) is 22.8 Å². The molecule has 2 rings (SSSR count). The van der Waals surface area contributed by atoms with Crippen molar-refractivity contribution in [2.24, 2.45) is 7.05 Å². The maximum Gasteiger partial charge on any atom is 0.263 e. The number of aryl methyl sites for hydroxylation is 1. The fourth-order valence-electron chi connectivity index (χ4n) is 2.00. The average Bonchev–Trinajstić information content (AvgIpc) is 2.78. The van der Waals surface area contributed by atoms with Crippen molar-refractivity contribution in [3.8, 4) is 0 Å². The molecule has 1 heterocycles. The Balaban J connectivity index is 2.34. The van der Waals surface area contributed by atoms with E-state index in [1.807, 2.05) is 14.1 Å². The van der Waals surface area contributed by atoms with Gasteiger partial charge in [-0.1, -0.05) is 17.7 Å². The molecule has 2 N–H and O–H groups in total. The number of halogens is 1. The molecule has 0 aliphatic rings. The van der Waals surface area contributed by atoms with Gasteiger partial charge in [-0.05, 0) is 37.7 Å². The van der Waals surface area contributed by atoms with Crippen LogP contribution in [0.2, 0.25) is 5.02 Å². The molecule has 0 saturated carbocycles. The number of benzene rings is 1. The molecular weight excluding hydrogens is 310 g/mol. The monoisotopic (exact) mass is 327 g/mol. The Hall–Kier alpha value is -1.50. The number of rotatable bonds is 5. The smallest absolute Gasteiger partial charge is 0.263 e. The lowest BCUT2D eigenvalue weighted by Gasteiger charge is -2.10. The fraction of sp³-hybridized carbons (Fsp3) is 0.286. The summed E-state index contributed by atoms with van der Waals surface area (Å²) >= 11 is 6.01. The zero-order valence-corrected chi connectivity index (χ0v) is 13.7. The van der Waals surface area contributed by atoms with Crippen LogP contribution < -0.4 is 10.0 Å². The van der Waals surface area contributed by atoms with Crippen LogP contribution in [-0.2, 0) is 23.6 Å². The lowest BCUT2D eigenvalue weighted by Crippen LogP contribution is -2.13. The van der Waals surface area contributed by atoms with Crippen molar-refractivity contribution in [1.82, 2.24) is 9.88 Å². The molecule has 0 unspecified atom stereocenters. The molecule has 0 atom stereocenters. The zero-order chi connectivity index (χ0) is 15.6. The molecule has 0 bridgehead atoms. The largest absolute Gasteiger partial charge is 0.352 e. The predicted octanol–water partition coefficient (Wildman–Crippen LogP) is 2.51. The summed E-state index contributed by atoms with van der Waals surface area (Å²) in [5, 5.41) is 3.53. The van der Waals surface area contributed by atoms with E-state index >= 15 is 0 Å². The van der Waals surface area contributed by atoms with Gasteiger partial charge in [-0.2, -0.15) is 0 Å². The van der Waals surface area contributed by atoms with Crippen molar-refractivity contribution < 1.29 is 8.42 Å². The van der Waals surface area contributed by atoms with E-state index in [9.17, 15) is 8.42 Å². The van der Waals surface area contributed by atoms with Crippen molar-refractivity contribution in [3.63, 3.8) is 0 Å². The van der Waals surface area contributed by atoms with Gasteiger partial charge in [0.1, 0.15) is 4.90 Å². The van der Waals surface area contributed by atoms with Gasteiger partial charge in [0.2, 0.25) is 0 Å².